The normalized spacial score (nSPS) is 9.60. The minimum atomic E-state index is -0.534. The predicted octanol–water partition coefficient (Wildman–Crippen LogP) is 1.00. The molecule has 0 aliphatic heterocycles. The van der Waals surface area contributed by atoms with E-state index in [1.807, 2.05) is 26.0 Å². The van der Waals surface area contributed by atoms with Gasteiger partial charge in [0, 0.05) is 11.8 Å². The van der Waals surface area contributed by atoms with E-state index < -0.39 is 6.10 Å². The summed E-state index contributed by atoms with van der Waals surface area (Å²) < 4.78 is 0. The molecular weight excluding hydrogens is 173 g/mol. The Hall–Kier alpha value is 0.500. The van der Waals surface area contributed by atoms with E-state index in [2.05, 4.69) is 0 Å². The van der Waals surface area contributed by atoms with Crippen LogP contribution in [0.25, 0.3) is 0 Å². The van der Waals surface area contributed by atoms with Crippen molar-refractivity contribution in [2.75, 3.05) is 32.9 Å². The molecule has 0 fully saturated rings. The Morgan fingerprint density at radius 1 is 1.20 bits per heavy atom. The summed E-state index contributed by atoms with van der Waals surface area (Å²) >= 11 is 10.2. The van der Waals surface area contributed by atoms with Crippen LogP contribution in [-0.4, -0.2) is 49.0 Å². The maximum atomic E-state index is 8.40. The number of halogens is 2. The Bertz CT molecular complexity index is 55.0. The molecule has 0 rings (SSSR count). The third kappa shape index (κ3) is 23.6. The van der Waals surface area contributed by atoms with Gasteiger partial charge in [-0.2, -0.15) is 0 Å². The molecule has 0 saturated carbocycles. The van der Waals surface area contributed by atoms with Gasteiger partial charge in [0.15, 0.2) is 0 Å². The molecule has 0 atom stereocenters. The van der Waals surface area contributed by atoms with Crippen molar-refractivity contribution in [2.24, 2.45) is 0 Å². The van der Waals surface area contributed by atoms with Crippen LogP contribution in [0.4, 0.5) is 0 Å². The lowest BCUT2D eigenvalue weighted by molar-refractivity contribution is 0.222. The van der Waals surface area contributed by atoms with Gasteiger partial charge in [0.2, 0.25) is 0 Å². The maximum absolute atomic E-state index is 8.40. The molecule has 64 valence electrons. The van der Waals surface area contributed by atoms with E-state index in [1.165, 1.54) is 0 Å². The maximum Gasteiger partial charge on any atom is 0.0810 e. The van der Waals surface area contributed by atoms with Crippen LogP contribution >= 0.6 is 23.2 Å². The van der Waals surface area contributed by atoms with Crippen molar-refractivity contribution in [1.29, 1.82) is 0 Å². The van der Waals surface area contributed by atoms with Gasteiger partial charge in [-0.15, -0.1) is 23.2 Å². The molecule has 2 nitrogen and oxygen atoms in total. The highest BCUT2D eigenvalue weighted by Crippen LogP contribution is 1.88. The first kappa shape index (κ1) is 13.1. The molecule has 4 heteroatoms. The van der Waals surface area contributed by atoms with E-state index in [4.69, 9.17) is 28.3 Å². The zero-order valence-corrected chi connectivity index (χ0v) is 8.15. The van der Waals surface area contributed by atoms with Crippen molar-refractivity contribution in [2.45, 2.75) is 6.10 Å². The number of hydrogen-bond acceptors (Lipinski definition) is 2. The Morgan fingerprint density at radius 2 is 1.40 bits per heavy atom. The molecule has 0 heterocycles. The minimum Gasteiger partial charge on any atom is -0.391 e. The lowest BCUT2D eigenvalue weighted by Gasteiger charge is -1.94. The van der Waals surface area contributed by atoms with E-state index in [9.17, 15) is 0 Å². The fourth-order valence-electron chi connectivity index (χ4n) is 0.0412. The second kappa shape index (κ2) is 9.50. The van der Waals surface area contributed by atoms with Crippen LogP contribution in [0.3, 0.4) is 0 Å². The Morgan fingerprint density at radius 3 is 1.40 bits per heavy atom. The third-order valence-electron chi connectivity index (χ3n) is 0.356. The fraction of sp³-hybridized carbons (Fsp3) is 1.00. The summed E-state index contributed by atoms with van der Waals surface area (Å²) in [6.07, 6.45) is -0.534. The summed E-state index contributed by atoms with van der Waals surface area (Å²) in [7, 11) is 6.00. The summed E-state index contributed by atoms with van der Waals surface area (Å²) in [5, 5.41) is 8.40. The first-order valence-electron chi connectivity index (χ1n) is 2.95. The molecule has 0 spiro atoms. The van der Waals surface area contributed by atoms with Crippen molar-refractivity contribution in [3.8, 4) is 0 Å². The van der Waals surface area contributed by atoms with Gasteiger partial charge in [0.05, 0.1) is 6.10 Å². The quantitative estimate of drug-likeness (QED) is 0.653. The minimum absolute atomic E-state index is 0.226. The molecular formula is C6H15Cl2NO. The zero-order valence-electron chi connectivity index (χ0n) is 6.64. The van der Waals surface area contributed by atoms with E-state index in [0.29, 0.717) is 0 Å². The van der Waals surface area contributed by atoms with Gasteiger partial charge in [0.25, 0.3) is 0 Å². The molecule has 0 aliphatic rings. The van der Waals surface area contributed by atoms with Gasteiger partial charge in [-0.1, -0.05) is 0 Å². The molecule has 0 radical (unpaired) electrons. The average molecular weight is 188 g/mol. The fourth-order valence-corrected chi connectivity index (χ4v) is 0.371. The zero-order chi connectivity index (χ0) is 8.57. The van der Waals surface area contributed by atoms with E-state index in [-0.39, 0.29) is 11.8 Å². The van der Waals surface area contributed by atoms with Gasteiger partial charge in [-0.3, -0.25) is 0 Å². The molecule has 0 bridgehead atoms. The van der Waals surface area contributed by atoms with Crippen molar-refractivity contribution in [1.82, 2.24) is 4.90 Å². The van der Waals surface area contributed by atoms with Crippen molar-refractivity contribution in [3.63, 3.8) is 0 Å². The van der Waals surface area contributed by atoms with Gasteiger partial charge in [-0.05, 0) is 21.1 Å². The largest absolute Gasteiger partial charge is 0.391 e. The van der Waals surface area contributed by atoms with Crippen LogP contribution in [0.2, 0.25) is 0 Å². The van der Waals surface area contributed by atoms with Crippen molar-refractivity contribution >= 4 is 23.2 Å². The van der Waals surface area contributed by atoms with E-state index in [1.54, 1.807) is 0 Å². The first-order chi connectivity index (χ1) is 4.54. The number of aliphatic hydroxyl groups is 1. The lowest BCUT2D eigenvalue weighted by Crippen LogP contribution is -2.08. The average Bonchev–Trinajstić information content (AvgIpc) is 1.85. The molecule has 0 aliphatic carbocycles. The second-order valence-corrected chi connectivity index (χ2v) is 2.92. The topological polar surface area (TPSA) is 23.5 Å². The standard InChI is InChI=1S/C3H6Cl2O.C3H9N/c4-1-3(6)2-5;1-4(2)3/h3,6H,1-2H2;1-3H3. The Balaban J connectivity index is 0. The van der Waals surface area contributed by atoms with Crippen LogP contribution < -0.4 is 0 Å². The number of hydrogen-bond donors (Lipinski definition) is 1. The lowest BCUT2D eigenvalue weighted by atomic mass is 10.5. The highest BCUT2D eigenvalue weighted by Gasteiger charge is 1.94. The number of nitrogens with zero attached hydrogens (tertiary/aromatic N) is 1. The molecule has 0 aromatic heterocycles. The molecule has 0 aromatic carbocycles. The molecule has 0 amide bonds. The Kier molecular flexibility index (Phi) is 12.5. The monoisotopic (exact) mass is 187 g/mol. The van der Waals surface area contributed by atoms with E-state index >= 15 is 0 Å². The SMILES string of the molecule is CN(C)C.OC(CCl)CCl. The van der Waals surface area contributed by atoms with Crippen LogP contribution in [0.1, 0.15) is 0 Å². The van der Waals surface area contributed by atoms with Gasteiger partial charge in [-0.25, -0.2) is 0 Å². The summed E-state index contributed by atoms with van der Waals surface area (Å²) in [4.78, 5) is 2.00. The summed E-state index contributed by atoms with van der Waals surface area (Å²) in [6.45, 7) is 0. The van der Waals surface area contributed by atoms with Gasteiger partial charge < -0.3 is 10.0 Å². The molecule has 0 saturated heterocycles. The summed E-state index contributed by atoms with van der Waals surface area (Å²) in [6, 6.07) is 0. The first-order valence-corrected chi connectivity index (χ1v) is 4.02. The molecule has 1 N–H and O–H groups in total. The number of aliphatic hydroxyl groups excluding tert-OH is 1. The third-order valence-corrected chi connectivity index (χ3v) is 1.07. The van der Waals surface area contributed by atoms with E-state index in [0.717, 1.165) is 0 Å². The summed E-state index contributed by atoms with van der Waals surface area (Å²) in [5.74, 6) is 0.451. The van der Waals surface area contributed by atoms with Crippen LogP contribution in [0.5, 0.6) is 0 Å². The Labute approximate surface area is 72.7 Å². The predicted molar refractivity (Wildman–Crippen MR) is 47.1 cm³/mol. The highest BCUT2D eigenvalue weighted by atomic mass is 35.5. The van der Waals surface area contributed by atoms with Gasteiger partial charge in [0.1, 0.15) is 0 Å². The van der Waals surface area contributed by atoms with Crippen molar-refractivity contribution < 1.29 is 5.11 Å². The summed E-state index contributed by atoms with van der Waals surface area (Å²) in [5.41, 5.74) is 0. The molecule has 0 unspecified atom stereocenters. The van der Waals surface area contributed by atoms with Crippen LogP contribution in [0, 0.1) is 0 Å². The van der Waals surface area contributed by atoms with Gasteiger partial charge >= 0.3 is 0 Å². The number of rotatable bonds is 2. The molecule has 10 heavy (non-hydrogen) atoms. The molecule has 0 aromatic rings. The highest BCUT2D eigenvalue weighted by molar-refractivity contribution is 6.21. The number of alkyl halides is 2. The van der Waals surface area contributed by atoms with Crippen LogP contribution in [-0.2, 0) is 0 Å². The van der Waals surface area contributed by atoms with Crippen molar-refractivity contribution in [3.05, 3.63) is 0 Å². The second-order valence-electron chi connectivity index (χ2n) is 2.30. The smallest absolute Gasteiger partial charge is 0.0810 e. The van der Waals surface area contributed by atoms with Crippen LogP contribution in [0.15, 0.2) is 0 Å².